The molecule has 0 aliphatic carbocycles. The van der Waals surface area contributed by atoms with Crippen LogP contribution in [-0.2, 0) is 14.3 Å². The summed E-state index contributed by atoms with van der Waals surface area (Å²) < 4.78 is 5.49. The molecule has 0 radical (unpaired) electrons. The average Bonchev–Trinajstić information content (AvgIpc) is 3.42. The molecule has 0 aliphatic heterocycles. The number of carbonyl (C=O) groups is 2. The molecule has 0 aromatic carbocycles. The van der Waals surface area contributed by atoms with Gasteiger partial charge in [0.05, 0.1) is 25.4 Å². The lowest BCUT2D eigenvalue weighted by Gasteiger charge is -2.20. The Balaban J connectivity index is 3.36. The Bertz CT molecular complexity index is 1230. The number of nitrogens with one attached hydrogen (secondary N) is 1. The summed E-state index contributed by atoms with van der Waals surface area (Å²) in [6.07, 6.45) is 83.8. The molecule has 6 heteroatoms. The zero-order valence-corrected chi connectivity index (χ0v) is 51.3. The Morgan fingerprint density at radius 3 is 1.00 bits per heavy atom. The number of hydrogen-bond acceptors (Lipinski definition) is 5. The molecular formula is C70H133NO5. The van der Waals surface area contributed by atoms with Crippen LogP contribution in [0.1, 0.15) is 373 Å². The Morgan fingerprint density at radius 2 is 0.658 bits per heavy atom. The lowest BCUT2D eigenvalue weighted by Crippen LogP contribution is -2.45. The van der Waals surface area contributed by atoms with Gasteiger partial charge in [0.25, 0.3) is 0 Å². The lowest BCUT2D eigenvalue weighted by atomic mass is 10.0. The van der Waals surface area contributed by atoms with Gasteiger partial charge in [-0.05, 0) is 64.2 Å². The molecule has 0 saturated carbocycles. The van der Waals surface area contributed by atoms with Crippen LogP contribution in [0.25, 0.3) is 0 Å². The molecule has 0 rings (SSSR count). The van der Waals surface area contributed by atoms with Crippen molar-refractivity contribution < 1.29 is 24.5 Å². The fraction of sp³-hybridized carbons (Fsp3) is 0.886. The second kappa shape index (κ2) is 65.6. The summed E-state index contributed by atoms with van der Waals surface area (Å²) in [5.41, 5.74) is 0. The molecule has 0 bridgehead atoms. The standard InChI is InChI=1S/C70H133NO5/c1-3-5-7-9-11-13-15-39-44-48-52-56-60-64-70(75)76-65-61-57-53-49-45-41-38-36-34-32-30-28-26-24-22-20-18-16-17-19-21-23-25-27-29-31-33-35-37-40-43-47-51-55-59-63-69(74)71-67(66-72)68(73)62-58-54-50-46-42-14-12-10-8-6-4-2/h18,20,24,26,58,62,67-68,72-73H,3-17,19,21-23,25,27-57,59-61,63-66H2,1-2H3,(H,71,74)/b20-18-,26-24-,62-58+. The van der Waals surface area contributed by atoms with E-state index in [-0.39, 0.29) is 18.5 Å². The molecule has 448 valence electrons. The Kier molecular flexibility index (Phi) is 63.9. The number of rotatable bonds is 64. The third kappa shape index (κ3) is 61.3. The molecule has 1 amide bonds. The second-order valence-electron chi connectivity index (χ2n) is 23.5. The van der Waals surface area contributed by atoms with Crippen molar-refractivity contribution in [2.24, 2.45) is 0 Å². The summed E-state index contributed by atoms with van der Waals surface area (Å²) >= 11 is 0. The number of allylic oxidation sites excluding steroid dienone is 5. The van der Waals surface area contributed by atoms with Crippen LogP contribution in [0.2, 0.25) is 0 Å². The summed E-state index contributed by atoms with van der Waals surface area (Å²) in [5.74, 6) is -0.0475. The fourth-order valence-electron chi connectivity index (χ4n) is 10.7. The van der Waals surface area contributed by atoms with E-state index in [1.165, 1.54) is 302 Å². The summed E-state index contributed by atoms with van der Waals surface area (Å²) in [5, 5.41) is 23.0. The molecule has 0 fully saturated rings. The van der Waals surface area contributed by atoms with Crippen LogP contribution in [-0.4, -0.2) is 47.4 Å². The Morgan fingerprint density at radius 1 is 0.368 bits per heavy atom. The lowest BCUT2D eigenvalue weighted by molar-refractivity contribution is -0.143. The van der Waals surface area contributed by atoms with Gasteiger partial charge in [-0.1, -0.05) is 333 Å². The van der Waals surface area contributed by atoms with Crippen LogP contribution in [0.15, 0.2) is 36.5 Å². The summed E-state index contributed by atoms with van der Waals surface area (Å²) in [6.45, 7) is 4.91. The number of ether oxygens (including phenoxy) is 1. The van der Waals surface area contributed by atoms with Crippen molar-refractivity contribution in [3.63, 3.8) is 0 Å². The first-order chi connectivity index (χ1) is 37.5. The molecule has 0 spiro atoms. The molecule has 2 atom stereocenters. The molecular weight excluding hydrogens is 935 g/mol. The highest BCUT2D eigenvalue weighted by Crippen LogP contribution is 2.18. The quantitative estimate of drug-likeness (QED) is 0.0320. The molecule has 0 saturated heterocycles. The highest BCUT2D eigenvalue weighted by atomic mass is 16.5. The van der Waals surface area contributed by atoms with E-state index in [0.717, 1.165) is 44.9 Å². The number of aliphatic hydroxyl groups is 2. The number of hydrogen-bond donors (Lipinski definition) is 3. The smallest absolute Gasteiger partial charge is 0.305 e. The topological polar surface area (TPSA) is 95.9 Å². The van der Waals surface area contributed by atoms with E-state index in [9.17, 15) is 19.8 Å². The Labute approximate surface area is 474 Å². The number of unbranched alkanes of at least 4 members (excludes halogenated alkanes) is 49. The van der Waals surface area contributed by atoms with Gasteiger partial charge in [-0.3, -0.25) is 9.59 Å². The zero-order valence-electron chi connectivity index (χ0n) is 51.3. The molecule has 76 heavy (non-hydrogen) atoms. The summed E-state index contributed by atoms with van der Waals surface area (Å²) in [4.78, 5) is 24.5. The molecule has 6 nitrogen and oxygen atoms in total. The maximum absolute atomic E-state index is 12.4. The van der Waals surface area contributed by atoms with Crippen molar-refractivity contribution in [1.29, 1.82) is 0 Å². The first-order valence-electron chi connectivity index (χ1n) is 34.3. The average molecular weight is 1070 g/mol. The number of aliphatic hydroxyl groups excluding tert-OH is 2. The maximum Gasteiger partial charge on any atom is 0.305 e. The van der Waals surface area contributed by atoms with Crippen molar-refractivity contribution in [3.8, 4) is 0 Å². The fourth-order valence-corrected chi connectivity index (χ4v) is 10.7. The minimum atomic E-state index is -0.841. The van der Waals surface area contributed by atoms with Crippen LogP contribution in [0.5, 0.6) is 0 Å². The van der Waals surface area contributed by atoms with Gasteiger partial charge < -0.3 is 20.3 Å². The van der Waals surface area contributed by atoms with Crippen molar-refractivity contribution in [3.05, 3.63) is 36.5 Å². The first-order valence-corrected chi connectivity index (χ1v) is 34.3. The van der Waals surface area contributed by atoms with Gasteiger partial charge in [0.2, 0.25) is 5.91 Å². The van der Waals surface area contributed by atoms with Crippen molar-refractivity contribution >= 4 is 11.9 Å². The number of carbonyl (C=O) groups excluding carboxylic acids is 2. The zero-order chi connectivity index (χ0) is 55.0. The van der Waals surface area contributed by atoms with Crippen LogP contribution >= 0.6 is 0 Å². The predicted octanol–water partition coefficient (Wildman–Crippen LogP) is 21.9. The van der Waals surface area contributed by atoms with Gasteiger partial charge in [0, 0.05) is 12.8 Å². The van der Waals surface area contributed by atoms with Crippen LogP contribution in [0, 0.1) is 0 Å². The molecule has 0 heterocycles. The van der Waals surface area contributed by atoms with E-state index in [0.29, 0.717) is 19.4 Å². The first kappa shape index (κ1) is 74.1. The van der Waals surface area contributed by atoms with Gasteiger partial charge in [0.1, 0.15) is 0 Å². The summed E-state index contributed by atoms with van der Waals surface area (Å²) in [7, 11) is 0. The molecule has 2 unspecified atom stereocenters. The normalized spacial score (nSPS) is 12.7. The number of esters is 1. The van der Waals surface area contributed by atoms with Crippen molar-refractivity contribution in [1.82, 2.24) is 5.32 Å². The van der Waals surface area contributed by atoms with E-state index in [4.69, 9.17) is 4.74 Å². The highest BCUT2D eigenvalue weighted by molar-refractivity contribution is 5.76. The van der Waals surface area contributed by atoms with E-state index in [2.05, 4.69) is 43.5 Å². The van der Waals surface area contributed by atoms with Gasteiger partial charge in [-0.2, -0.15) is 0 Å². The van der Waals surface area contributed by atoms with Crippen LogP contribution in [0.4, 0.5) is 0 Å². The third-order valence-corrected chi connectivity index (χ3v) is 15.9. The van der Waals surface area contributed by atoms with Crippen LogP contribution < -0.4 is 5.32 Å². The summed E-state index contributed by atoms with van der Waals surface area (Å²) in [6, 6.07) is -0.624. The largest absolute Gasteiger partial charge is 0.466 e. The molecule has 3 N–H and O–H groups in total. The van der Waals surface area contributed by atoms with Crippen LogP contribution in [0.3, 0.4) is 0 Å². The highest BCUT2D eigenvalue weighted by Gasteiger charge is 2.18. The Hall–Kier alpha value is -1.92. The van der Waals surface area contributed by atoms with Crippen molar-refractivity contribution in [2.75, 3.05) is 13.2 Å². The van der Waals surface area contributed by atoms with E-state index in [1.54, 1.807) is 6.08 Å². The SMILES string of the molecule is CCCCCCCCCCC/C=C/C(O)C(CO)NC(=O)CCCCCCCCCCCCCCCCCCC/C=C\C/C=C\CCCCCCCCCCCCCOC(=O)CCCCCCCCCCCCCCC. The van der Waals surface area contributed by atoms with E-state index < -0.39 is 12.1 Å². The molecule has 0 aliphatic rings. The van der Waals surface area contributed by atoms with Crippen molar-refractivity contribution in [2.45, 2.75) is 386 Å². The van der Waals surface area contributed by atoms with Gasteiger partial charge in [-0.25, -0.2) is 0 Å². The third-order valence-electron chi connectivity index (χ3n) is 15.9. The van der Waals surface area contributed by atoms with Gasteiger partial charge in [0.15, 0.2) is 0 Å². The van der Waals surface area contributed by atoms with E-state index >= 15 is 0 Å². The predicted molar refractivity (Wildman–Crippen MR) is 333 cm³/mol. The minimum absolute atomic E-state index is 0.0183. The molecule has 0 aromatic heterocycles. The van der Waals surface area contributed by atoms with E-state index in [1.807, 2.05) is 6.08 Å². The minimum Gasteiger partial charge on any atom is -0.466 e. The molecule has 0 aromatic rings. The van der Waals surface area contributed by atoms with Gasteiger partial charge >= 0.3 is 5.97 Å². The maximum atomic E-state index is 12.4. The number of amides is 1. The van der Waals surface area contributed by atoms with Gasteiger partial charge in [-0.15, -0.1) is 0 Å². The second-order valence-corrected chi connectivity index (χ2v) is 23.5. The monoisotopic (exact) mass is 1070 g/mol.